The van der Waals surface area contributed by atoms with Gasteiger partial charge in [0.05, 0.1) is 11.4 Å². The van der Waals surface area contributed by atoms with Gasteiger partial charge in [0, 0.05) is 12.1 Å². The minimum atomic E-state index is -0.268. The summed E-state index contributed by atoms with van der Waals surface area (Å²) >= 11 is 0. The van der Waals surface area contributed by atoms with Crippen LogP contribution in [0.15, 0.2) is 24.3 Å². The average Bonchev–Trinajstić information content (AvgIpc) is 2.60. The summed E-state index contributed by atoms with van der Waals surface area (Å²) in [6.45, 7) is 2.26. The van der Waals surface area contributed by atoms with Gasteiger partial charge in [-0.1, -0.05) is 12.1 Å². The first-order valence-corrected chi connectivity index (χ1v) is 4.73. The summed E-state index contributed by atoms with van der Waals surface area (Å²) in [4.78, 5) is 0. The molecule has 0 unspecified atom stereocenters. The minimum Gasteiger partial charge on any atom is -0.325 e. The van der Waals surface area contributed by atoms with E-state index in [2.05, 4.69) is 10.2 Å². The van der Waals surface area contributed by atoms with Crippen LogP contribution in [0.1, 0.15) is 11.3 Å². The fourth-order valence-electron chi connectivity index (χ4n) is 1.55. The maximum Gasteiger partial charge on any atom is 0.132 e. The van der Waals surface area contributed by atoms with Gasteiger partial charge in [0.1, 0.15) is 5.82 Å². The smallest absolute Gasteiger partial charge is 0.132 e. The first-order chi connectivity index (χ1) is 7.24. The molecule has 2 rings (SSSR count). The molecular weight excluding hydrogens is 193 g/mol. The molecule has 1 aromatic heterocycles. The first-order valence-electron chi connectivity index (χ1n) is 4.73. The van der Waals surface area contributed by atoms with E-state index in [-0.39, 0.29) is 5.82 Å². The van der Waals surface area contributed by atoms with Crippen molar-refractivity contribution in [3.63, 3.8) is 0 Å². The van der Waals surface area contributed by atoms with Crippen LogP contribution in [0.4, 0.5) is 4.39 Å². The van der Waals surface area contributed by atoms with E-state index in [1.54, 1.807) is 18.2 Å². The Kier molecular flexibility index (Phi) is 2.51. The van der Waals surface area contributed by atoms with Crippen LogP contribution >= 0.6 is 0 Å². The molecule has 1 aromatic carbocycles. The largest absolute Gasteiger partial charge is 0.325 e. The van der Waals surface area contributed by atoms with Crippen LogP contribution < -0.4 is 5.73 Å². The van der Waals surface area contributed by atoms with Crippen molar-refractivity contribution in [2.24, 2.45) is 5.73 Å². The molecule has 0 atom stereocenters. The quantitative estimate of drug-likeness (QED) is 0.787. The summed E-state index contributed by atoms with van der Waals surface area (Å²) in [6, 6.07) is 6.57. The molecule has 0 aliphatic carbocycles. The van der Waals surface area contributed by atoms with Gasteiger partial charge in [-0.2, -0.15) is 5.10 Å². The number of nitrogens with two attached hydrogens (primary N) is 1. The van der Waals surface area contributed by atoms with Crippen molar-refractivity contribution < 1.29 is 4.39 Å². The Balaban J connectivity index is 2.55. The lowest BCUT2D eigenvalue weighted by molar-refractivity contribution is 0.630. The van der Waals surface area contributed by atoms with E-state index < -0.39 is 0 Å². The molecular formula is C11H12FN3. The summed E-state index contributed by atoms with van der Waals surface area (Å²) in [7, 11) is 0. The number of halogens is 1. The number of H-pyrrole nitrogens is 1. The number of nitrogens with one attached hydrogen (secondary N) is 1. The molecule has 15 heavy (non-hydrogen) atoms. The lowest BCUT2D eigenvalue weighted by Crippen LogP contribution is -1.98. The van der Waals surface area contributed by atoms with Crippen LogP contribution in [0.5, 0.6) is 0 Å². The van der Waals surface area contributed by atoms with Crippen molar-refractivity contribution in [3.8, 4) is 11.3 Å². The Labute approximate surface area is 87.1 Å². The molecule has 3 N–H and O–H groups in total. The van der Waals surface area contributed by atoms with E-state index >= 15 is 0 Å². The fourth-order valence-corrected chi connectivity index (χ4v) is 1.55. The number of rotatable bonds is 2. The Morgan fingerprint density at radius 2 is 2.13 bits per heavy atom. The van der Waals surface area contributed by atoms with Crippen LogP contribution in [-0.4, -0.2) is 10.2 Å². The standard InChI is InChI=1S/C11H12FN3/c1-7-10(6-13)14-15-11(7)8-4-2-3-5-9(8)12/h2-5H,6,13H2,1H3,(H,14,15). The molecule has 0 aliphatic rings. The molecule has 1 heterocycles. The van der Waals surface area contributed by atoms with Crippen molar-refractivity contribution in [1.82, 2.24) is 10.2 Å². The molecule has 0 fully saturated rings. The van der Waals surface area contributed by atoms with Gasteiger partial charge in [0.15, 0.2) is 0 Å². The fraction of sp³-hybridized carbons (Fsp3) is 0.182. The van der Waals surface area contributed by atoms with E-state index in [1.165, 1.54) is 6.07 Å². The second-order valence-electron chi connectivity index (χ2n) is 3.36. The predicted octanol–water partition coefficient (Wildman–Crippen LogP) is 1.98. The lowest BCUT2D eigenvalue weighted by Gasteiger charge is -2.00. The zero-order valence-corrected chi connectivity index (χ0v) is 8.42. The summed E-state index contributed by atoms with van der Waals surface area (Å²) in [5.74, 6) is -0.268. The maximum atomic E-state index is 13.5. The Bertz CT molecular complexity index is 476. The topological polar surface area (TPSA) is 54.7 Å². The third-order valence-corrected chi connectivity index (χ3v) is 2.44. The monoisotopic (exact) mass is 205 g/mol. The molecule has 3 nitrogen and oxygen atoms in total. The molecule has 0 saturated carbocycles. The third-order valence-electron chi connectivity index (χ3n) is 2.44. The predicted molar refractivity (Wildman–Crippen MR) is 56.6 cm³/mol. The number of hydrogen-bond acceptors (Lipinski definition) is 2. The van der Waals surface area contributed by atoms with E-state index in [0.717, 1.165) is 11.3 Å². The van der Waals surface area contributed by atoms with E-state index in [9.17, 15) is 4.39 Å². The van der Waals surface area contributed by atoms with Gasteiger partial charge in [-0.3, -0.25) is 5.10 Å². The number of hydrogen-bond donors (Lipinski definition) is 2. The van der Waals surface area contributed by atoms with Gasteiger partial charge < -0.3 is 5.73 Å². The highest BCUT2D eigenvalue weighted by Crippen LogP contribution is 2.25. The van der Waals surface area contributed by atoms with E-state index in [1.807, 2.05) is 6.92 Å². The zero-order chi connectivity index (χ0) is 10.8. The average molecular weight is 205 g/mol. The molecule has 0 saturated heterocycles. The Morgan fingerprint density at radius 1 is 1.40 bits per heavy atom. The highest BCUT2D eigenvalue weighted by atomic mass is 19.1. The molecule has 78 valence electrons. The molecule has 0 radical (unpaired) electrons. The van der Waals surface area contributed by atoms with Crippen LogP contribution in [0.2, 0.25) is 0 Å². The summed E-state index contributed by atoms with van der Waals surface area (Å²) in [5.41, 5.74) is 8.40. The van der Waals surface area contributed by atoms with Gasteiger partial charge in [-0.05, 0) is 24.6 Å². The van der Waals surface area contributed by atoms with Gasteiger partial charge in [-0.15, -0.1) is 0 Å². The van der Waals surface area contributed by atoms with Crippen LogP contribution in [0, 0.1) is 12.7 Å². The molecule has 2 aromatic rings. The molecule has 0 amide bonds. The molecule has 4 heteroatoms. The third kappa shape index (κ3) is 1.64. The lowest BCUT2D eigenvalue weighted by atomic mass is 10.1. The van der Waals surface area contributed by atoms with Crippen LogP contribution in [-0.2, 0) is 6.54 Å². The van der Waals surface area contributed by atoms with Crippen LogP contribution in [0.3, 0.4) is 0 Å². The van der Waals surface area contributed by atoms with Crippen LogP contribution in [0.25, 0.3) is 11.3 Å². The van der Waals surface area contributed by atoms with E-state index in [0.29, 0.717) is 17.8 Å². The summed E-state index contributed by atoms with van der Waals surface area (Å²) < 4.78 is 13.5. The minimum absolute atomic E-state index is 0.268. The van der Waals surface area contributed by atoms with Gasteiger partial charge in [0.25, 0.3) is 0 Å². The van der Waals surface area contributed by atoms with Crippen molar-refractivity contribution in [2.75, 3.05) is 0 Å². The summed E-state index contributed by atoms with van der Waals surface area (Å²) in [5, 5.41) is 6.88. The number of aromatic amines is 1. The van der Waals surface area contributed by atoms with Crippen molar-refractivity contribution >= 4 is 0 Å². The van der Waals surface area contributed by atoms with Crippen molar-refractivity contribution in [3.05, 3.63) is 41.3 Å². The first kappa shape index (κ1) is 9.86. The summed E-state index contributed by atoms with van der Waals surface area (Å²) in [6.07, 6.45) is 0. The Hall–Kier alpha value is -1.68. The van der Waals surface area contributed by atoms with Gasteiger partial charge >= 0.3 is 0 Å². The number of nitrogens with zero attached hydrogens (tertiary/aromatic N) is 1. The molecule has 0 aliphatic heterocycles. The molecule has 0 bridgehead atoms. The molecule has 0 spiro atoms. The number of aromatic nitrogens is 2. The Morgan fingerprint density at radius 3 is 2.73 bits per heavy atom. The van der Waals surface area contributed by atoms with Gasteiger partial charge in [-0.25, -0.2) is 4.39 Å². The normalized spacial score (nSPS) is 10.6. The second kappa shape index (κ2) is 3.82. The van der Waals surface area contributed by atoms with Crippen molar-refractivity contribution in [2.45, 2.75) is 13.5 Å². The van der Waals surface area contributed by atoms with E-state index in [4.69, 9.17) is 5.73 Å². The zero-order valence-electron chi connectivity index (χ0n) is 8.42. The highest BCUT2D eigenvalue weighted by molar-refractivity contribution is 5.64. The van der Waals surface area contributed by atoms with Gasteiger partial charge in [0.2, 0.25) is 0 Å². The van der Waals surface area contributed by atoms with Crippen molar-refractivity contribution in [1.29, 1.82) is 0 Å². The highest BCUT2D eigenvalue weighted by Gasteiger charge is 2.12. The SMILES string of the molecule is Cc1c(-c2ccccc2F)n[nH]c1CN. The number of benzene rings is 1. The maximum absolute atomic E-state index is 13.5. The second-order valence-corrected chi connectivity index (χ2v) is 3.36.